The van der Waals surface area contributed by atoms with E-state index in [1.165, 1.54) is 0 Å². The maximum absolute atomic E-state index is 9.32. The van der Waals surface area contributed by atoms with Crippen molar-refractivity contribution in [2.24, 2.45) is 5.41 Å². The van der Waals surface area contributed by atoms with E-state index in [-0.39, 0.29) is 5.41 Å². The highest BCUT2D eigenvalue weighted by Crippen LogP contribution is 2.45. The molecular weight excluding hydrogens is 471 g/mol. The Morgan fingerprint density at radius 3 is 2.53 bits per heavy atom. The Kier molecular flexibility index (Phi) is 8.15. The zero-order valence-corrected chi connectivity index (χ0v) is 21.2. The fourth-order valence-corrected chi connectivity index (χ4v) is 4.93. The van der Waals surface area contributed by atoms with Crippen molar-refractivity contribution >= 4 is 34.7 Å². The Hall–Kier alpha value is -2.11. The van der Waals surface area contributed by atoms with Gasteiger partial charge in [-0.15, -0.1) is 0 Å². The number of nitrogens with one attached hydrogen (secondary N) is 3. The molecule has 34 heavy (non-hydrogen) atoms. The summed E-state index contributed by atoms with van der Waals surface area (Å²) in [5.74, 6) is 0.777. The Bertz CT molecular complexity index is 1030. The van der Waals surface area contributed by atoms with E-state index in [1.807, 2.05) is 12.1 Å². The predicted octanol–water partition coefficient (Wildman–Crippen LogP) is 5.51. The van der Waals surface area contributed by atoms with Crippen molar-refractivity contribution in [3.05, 3.63) is 34.7 Å². The summed E-state index contributed by atoms with van der Waals surface area (Å²) in [5.41, 5.74) is 2.09. The first kappa shape index (κ1) is 25.0. The predicted molar refractivity (Wildman–Crippen MR) is 137 cm³/mol. The van der Waals surface area contributed by atoms with Crippen molar-refractivity contribution in [3.8, 4) is 17.2 Å². The molecule has 3 N–H and O–H groups in total. The first-order valence-electron chi connectivity index (χ1n) is 11.9. The maximum Gasteiger partial charge on any atom is 0.137 e. The maximum atomic E-state index is 9.32. The quantitative estimate of drug-likeness (QED) is 0.368. The number of ether oxygens (including phenoxy) is 1. The molecule has 0 saturated heterocycles. The lowest BCUT2D eigenvalue weighted by Crippen LogP contribution is -2.42. The number of hydrogen-bond donors (Lipinski definition) is 3. The molecule has 0 amide bonds. The van der Waals surface area contributed by atoms with Gasteiger partial charge in [0, 0.05) is 49.1 Å². The monoisotopic (exact) mass is 502 g/mol. The second-order valence-electron chi connectivity index (χ2n) is 9.57. The van der Waals surface area contributed by atoms with Crippen molar-refractivity contribution in [2.75, 3.05) is 30.9 Å². The molecule has 2 aliphatic rings. The van der Waals surface area contributed by atoms with Gasteiger partial charge < -0.3 is 20.7 Å². The number of anilines is 2. The van der Waals surface area contributed by atoms with Crippen LogP contribution in [0.3, 0.4) is 0 Å². The summed E-state index contributed by atoms with van der Waals surface area (Å²) in [7, 11) is 1.74. The fourth-order valence-electron chi connectivity index (χ4n) is 4.52. The van der Waals surface area contributed by atoms with Gasteiger partial charge in [-0.1, -0.05) is 23.2 Å². The van der Waals surface area contributed by atoms with E-state index in [9.17, 15) is 5.26 Å². The largest absolute Gasteiger partial charge is 0.383 e. The number of halogens is 2. The standard InChI is InChI=1S/C25H32Cl2N6O/c1-16(13-34-2)32-17-3-5-18(6-4-17)33-23-10-20(22(26)12-29-23)21-9-19(11-30-24(21)27)31-15-25(14-28)7-8-25/h9-12,16-18,31-32H,3-8,13,15H2,1-2H3,(H,29,33)/t16-,17-,18-/m0/s1. The van der Waals surface area contributed by atoms with Gasteiger partial charge in [0.2, 0.25) is 0 Å². The van der Waals surface area contributed by atoms with Crippen LogP contribution in [0.15, 0.2) is 24.5 Å². The van der Waals surface area contributed by atoms with Crippen LogP contribution < -0.4 is 16.0 Å². The number of nitriles is 1. The van der Waals surface area contributed by atoms with Gasteiger partial charge in [-0.25, -0.2) is 9.97 Å². The van der Waals surface area contributed by atoms with Crippen LogP contribution in [0, 0.1) is 16.7 Å². The van der Waals surface area contributed by atoms with Crippen LogP contribution in [0.5, 0.6) is 0 Å². The van der Waals surface area contributed by atoms with Crippen molar-refractivity contribution in [2.45, 2.75) is 63.6 Å². The molecule has 182 valence electrons. The molecule has 0 bridgehead atoms. The summed E-state index contributed by atoms with van der Waals surface area (Å²) in [6.07, 6.45) is 9.57. The summed E-state index contributed by atoms with van der Waals surface area (Å²) in [4.78, 5) is 8.84. The van der Waals surface area contributed by atoms with Gasteiger partial charge in [-0.05, 0) is 57.6 Å². The molecule has 2 heterocycles. The van der Waals surface area contributed by atoms with Crippen LogP contribution in [0.2, 0.25) is 10.2 Å². The Morgan fingerprint density at radius 1 is 1.12 bits per heavy atom. The number of methoxy groups -OCH3 is 1. The second kappa shape index (κ2) is 11.1. The molecule has 2 fully saturated rings. The molecule has 1 atom stereocenters. The highest BCUT2D eigenvalue weighted by molar-refractivity contribution is 6.36. The Morgan fingerprint density at radius 2 is 1.85 bits per heavy atom. The van der Waals surface area contributed by atoms with Crippen LogP contribution in [-0.4, -0.2) is 48.4 Å². The molecule has 2 aliphatic carbocycles. The van der Waals surface area contributed by atoms with Crippen molar-refractivity contribution < 1.29 is 4.74 Å². The highest BCUT2D eigenvalue weighted by atomic mass is 35.5. The zero-order valence-electron chi connectivity index (χ0n) is 19.7. The molecule has 0 aliphatic heterocycles. The normalized spacial score (nSPS) is 22.0. The minimum absolute atomic E-state index is 0.248. The van der Waals surface area contributed by atoms with E-state index < -0.39 is 0 Å². The van der Waals surface area contributed by atoms with Crippen molar-refractivity contribution in [1.29, 1.82) is 5.26 Å². The van der Waals surface area contributed by atoms with Crippen LogP contribution >= 0.6 is 23.2 Å². The molecule has 4 rings (SSSR count). The average Bonchev–Trinajstić information content (AvgIpc) is 3.62. The van der Waals surface area contributed by atoms with Crippen LogP contribution in [0.25, 0.3) is 11.1 Å². The Labute approximate surface area is 211 Å². The number of pyridine rings is 2. The summed E-state index contributed by atoms with van der Waals surface area (Å²) >= 11 is 13.0. The summed E-state index contributed by atoms with van der Waals surface area (Å²) < 4.78 is 5.23. The van der Waals surface area contributed by atoms with Gasteiger partial charge in [0.05, 0.1) is 35.0 Å². The minimum atomic E-state index is -0.248. The molecule has 0 aromatic carbocycles. The third-order valence-electron chi connectivity index (χ3n) is 6.72. The van der Waals surface area contributed by atoms with Gasteiger partial charge in [0.15, 0.2) is 0 Å². The number of rotatable bonds is 10. The number of aromatic nitrogens is 2. The van der Waals surface area contributed by atoms with E-state index in [2.05, 4.69) is 38.9 Å². The van der Waals surface area contributed by atoms with E-state index >= 15 is 0 Å². The average molecular weight is 503 g/mol. The molecule has 0 spiro atoms. The van der Waals surface area contributed by atoms with Crippen LogP contribution in [0.1, 0.15) is 45.4 Å². The SMILES string of the molecule is COC[C@H](C)N[C@H]1CC[C@H](Nc2cc(-c3cc(NCC4(C#N)CC4)cnc3Cl)c(Cl)cn2)CC1. The minimum Gasteiger partial charge on any atom is -0.383 e. The van der Waals surface area contributed by atoms with Crippen molar-refractivity contribution in [3.63, 3.8) is 0 Å². The molecule has 2 aromatic heterocycles. The van der Waals surface area contributed by atoms with Gasteiger partial charge in [0.1, 0.15) is 11.0 Å². The lowest BCUT2D eigenvalue weighted by Gasteiger charge is -2.32. The van der Waals surface area contributed by atoms with Crippen molar-refractivity contribution in [1.82, 2.24) is 15.3 Å². The summed E-state index contributed by atoms with van der Waals surface area (Å²) in [6, 6.07) is 7.52. The molecule has 0 radical (unpaired) electrons. The highest BCUT2D eigenvalue weighted by Gasteiger charge is 2.42. The molecule has 9 heteroatoms. The molecule has 2 aromatic rings. The second-order valence-corrected chi connectivity index (χ2v) is 10.3. The lowest BCUT2D eigenvalue weighted by molar-refractivity contribution is 0.161. The Balaban J connectivity index is 1.41. The molecular formula is C25H32Cl2N6O. The summed E-state index contributed by atoms with van der Waals surface area (Å²) in [5, 5.41) is 20.8. The van der Waals surface area contributed by atoms with E-state index in [0.717, 1.165) is 67.8 Å². The van der Waals surface area contributed by atoms with Gasteiger partial charge in [0.25, 0.3) is 0 Å². The number of hydrogen-bond acceptors (Lipinski definition) is 7. The topological polar surface area (TPSA) is 94.9 Å². The lowest BCUT2D eigenvalue weighted by atomic mass is 9.90. The van der Waals surface area contributed by atoms with E-state index in [4.69, 9.17) is 27.9 Å². The first-order chi connectivity index (χ1) is 16.4. The molecule has 0 unspecified atom stereocenters. The fraction of sp³-hybridized carbons (Fsp3) is 0.560. The number of nitrogens with zero attached hydrogens (tertiary/aromatic N) is 3. The third-order valence-corrected chi connectivity index (χ3v) is 7.32. The summed E-state index contributed by atoms with van der Waals surface area (Å²) in [6.45, 7) is 3.49. The van der Waals surface area contributed by atoms with Gasteiger partial charge >= 0.3 is 0 Å². The van der Waals surface area contributed by atoms with Gasteiger partial charge in [-0.2, -0.15) is 5.26 Å². The van der Waals surface area contributed by atoms with Gasteiger partial charge in [-0.3, -0.25) is 0 Å². The van der Waals surface area contributed by atoms with Crippen LogP contribution in [-0.2, 0) is 4.74 Å². The van der Waals surface area contributed by atoms with E-state index in [1.54, 1.807) is 19.5 Å². The zero-order chi connectivity index (χ0) is 24.1. The molecule has 7 nitrogen and oxygen atoms in total. The third kappa shape index (κ3) is 6.31. The van der Waals surface area contributed by atoms with E-state index in [0.29, 0.717) is 34.8 Å². The first-order valence-corrected chi connectivity index (χ1v) is 12.6. The smallest absolute Gasteiger partial charge is 0.137 e. The van der Waals surface area contributed by atoms with Crippen LogP contribution in [0.4, 0.5) is 11.5 Å². The molecule has 2 saturated carbocycles.